The van der Waals surface area contributed by atoms with Crippen molar-refractivity contribution >= 4 is 29.4 Å². The van der Waals surface area contributed by atoms with E-state index in [2.05, 4.69) is 10.00 Å². The van der Waals surface area contributed by atoms with Gasteiger partial charge in [-0.05, 0) is 48.5 Å². The Kier molecular flexibility index (Phi) is 6.07. The van der Waals surface area contributed by atoms with Crippen molar-refractivity contribution in [2.24, 2.45) is 0 Å². The first kappa shape index (κ1) is 22.7. The molecule has 33 heavy (non-hydrogen) atoms. The first-order valence-corrected chi connectivity index (χ1v) is 10.2. The molecule has 0 amide bonds. The molecule has 1 aliphatic rings. The summed E-state index contributed by atoms with van der Waals surface area (Å²) in [4.78, 5) is 16.8. The van der Waals surface area contributed by atoms with Gasteiger partial charge < -0.3 is 9.80 Å². The van der Waals surface area contributed by atoms with Gasteiger partial charge in [0, 0.05) is 43.8 Å². The summed E-state index contributed by atoms with van der Waals surface area (Å²) < 4.78 is 42.0. The van der Waals surface area contributed by atoms with Crippen LogP contribution in [-0.4, -0.2) is 40.4 Å². The average molecular weight is 476 g/mol. The van der Waals surface area contributed by atoms with E-state index in [4.69, 9.17) is 0 Å². The topological polar surface area (TPSA) is 45.8 Å². The third-order valence-corrected chi connectivity index (χ3v) is 5.69. The minimum atomic E-state index is -4.35. The van der Waals surface area contributed by atoms with Crippen LogP contribution in [0.15, 0.2) is 77.7 Å². The van der Waals surface area contributed by atoms with Gasteiger partial charge in [-0.25, -0.2) is 9.20 Å². The van der Waals surface area contributed by atoms with Crippen LogP contribution in [0.25, 0.3) is 11.3 Å². The van der Waals surface area contributed by atoms with Gasteiger partial charge in [-0.3, -0.25) is 0 Å². The molecule has 0 spiro atoms. The second-order valence-corrected chi connectivity index (χ2v) is 7.67. The zero-order valence-electron chi connectivity index (χ0n) is 17.4. The molecule has 3 heterocycles. The van der Waals surface area contributed by atoms with Gasteiger partial charge in [0.05, 0.1) is 11.3 Å². The number of rotatable bonds is 3. The van der Waals surface area contributed by atoms with Gasteiger partial charge in [0.2, 0.25) is 0 Å². The van der Waals surface area contributed by atoms with E-state index in [-0.39, 0.29) is 18.1 Å². The molecule has 6 nitrogen and oxygen atoms in total. The fraction of sp³-hybridized carbons (Fsp3) is 0.217. The largest absolute Gasteiger partial charge is 0.416 e. The Morgan fingerprint density at radius 2 is 1.36 bits per heavy atom. The Morgan fingerprint density at radius 1 is 0.758 bits per heavy atom. The molecule has 0 radical (unpaired) electrons. The van der Waals surface area contributed by atoms with Crippen molar-refractivity contribution in [3.05, 3.63) is 89.0 Å². The molecular weight excluding hydrogens is 455 g/mol. The van der Waals surface area contributed by atoms with Gasteiger partial charge in [-0.15, -0.1) is 17.5 Å². The molecule has 2 aromatic heterocycles. The molecule has 0 aliphatic carbocycles. The molecule has 5 rings (SSSR count). The molecule has 0 atom stereocenters. The van der Waals surface area contributed by atoms with Crippen molar-refractivity contribution in [1.29, 1.82) is 0 Å². The SMILES string of the molecule is Cl.O=c1n(-c2cccc(N3CCN(c4cccc(C(F)(F)F)c4)CC3)c2)nc2ccccn12. The average Bonchev–Trinajstić information content (AvgIpc) is 3.15. The Morgan fingerprint density at radius 3 is 2.00 bits per heavy atom. The summed E-state index contributed by atoms with van der Waals surface area (Å²) in [5, 5.41) is 4.40. The first-order chi connectivity index (χ1) is 15.4. The quantitative estimate of drug-likeness (QED) is 0.444. The van der Waals surface area contributed by atoms with Gasteiger partial charge in [0.1, 0.15) is 0 Å². The number of aromatic nitrogens is 3. The van der Waals surface area contributed by atoms with Crippen LogP contribution >= 0.6 is 12.4 Å². The monoisotopic (exact) mass is 475 g/mol. The maximum atomic E-state index is 13.0. The smallest absolute Gasteiger partial charge is 0.368 e. The summed E-state index contributed by atoms with van der Waals surface area (Å²) >= 11 is 0. The lowest BCUT2D eigenvalue weighted by Gasteiger charge is -2.37. The molecule has 10 heteroatoms. The normalized spacial score (nSPS) is 14.4. The number of piperazine rings is 1. The number of pyridine rings is 1. The lowest BCUT2D eigenvalue weighted by Crippen LogP contribution is -2.46. The van der Waals surface area contributed by atoms with Gasteiger partial charge in [-0.2, -0.15) is 17.9 Å². The first-order valence-electron chi connectivity index (χ1n) is 10.2. The molecular formula is C23H21ClF3N5O. The summed E-state index contributed by atoms with van der Waals surface area (Å²) in [6, 6.07) is 18.4. The highest BCUT2D eigenvalue weighted by Crippen LogP contribution is 2.32. The van der Waals surface area contributed by atoms with E-state index in [0.29, 0.717) is 43.2 Å². The highest BCUT2D eigenvalue weighted by molar-refractivity contribution is 5.85. The van der Waals surface area contributed by atoms with Crippen molar-refractivity contribution in [3.63, 3.8) is 0 Å². The number of anilines is 2. The second-order valence-electron chi connectivity index (χ2n) is 7.67. The molecule has 0 bridgehead atoms. The third-order valence-electron chi connectivity index (χ3n) is 5.69. The zero-order valence-corrected chi connectivity index (χ0v) is 18.3. The predicted molar refractivity (Wildman–Crippen MR) is 124 cm³/mol. The number of hydrogen-bond acceptors (Lipinski definition) is 4. The Balaban J connectivity index is 0.00000259. The van der Waals surface area contributed by atoms with Gasteiger partial charge in [-0.1, -0.05) is 18.2 Å². The van der Waals surface area contributed by atoms with Crippen LogP contribution in [0.3, 0.4) is 0 Å². The molecule has 0 saturated carbocycles. The van der Waals surface area contributed by atoms with Crippen LogP contribution < -0.4 is 15.5 Å². The number of benzene rings is 2. The number of hydrogen-bond donors (Lipinski definition) is 0. The number of nitrogens with zero attached hydrogens (tertiary/aromatic N) is 5. The lowest BCUT2D eigenvalue weighted by molar-refractivity contribution is -0.137. The van der Waals surface area contributed by atoms with Crippen LogP contribution in [-0.2, 0) is 6.18 Å². The standard InChI is InChI=1S/C23H20F3N5O.ClH/c24-23(25,26)17-5-3-6-18(15-17)28-11-13-29(14-12-28)19-7-4-8-20(16-19)31-22(32)30-10-2-1-9-21(30)27-31;/h1-10,15-16H,11-14H2;1H. The molecule has 1 saturated heterocycles. The predicted octanol–water partition coefficient (Wildman–Crippen LogP) is 4.25. The van der Waals surface area contributed by atoms with E-state index in [1.807, 2.05) is 35.2 Å². The summed E-state index contributed by atoms with van der Waals surface area (Å²) in [5.41, 5.74) is 1.86. The minimum Gasteiger partial charge on any atom is -0.368 e. The molecule has 2 aromatic carbocycles. The van der Waals surface area contributed by atoms with E-state index in [1.54, 1.807) is 24.4 Å². The van der Waals surface area contributed by atoms with E-state index < -0.39 is 11.7 Å². The van der Waals surface area contributed by atoms with Gasteiger partial charge in [0.15, 0.2) is 5.65 Å². The Labute approximate surface area is 193 Å². The van der Waals surface area contributed by atoms with Crippen molar-refractivity contribution < 1.29 is 13.2 Å². The zero-order chi connectivity index (χ0) is 22.3. The number of alkyl halides is 3. The number of fused-ring (bicyclic) bond motifs is 1. The van der Waals surface area contributed by atoms with Crippen LogP contribution in [0.5, 0.6) is 0 Å². The van der Waals surface area contributed by atoms with Crippen LogP contribution in [0.1, 0.15) is 5.56 Å². The lowest BCUT2D eigenvalue weighted by atomic mass is 10.1. The summed E-state index contributed by atoms with van der Waals surface area (Å²) in [7, 11) is 0. The van der Waals surface area contributed by atoms with Gasteiger partial charge >= 0.3 is 11.9 Å². The third kappa shape index (κ3) is 4.41. The van der Waals surface area contributed by atoms with Crippen LogP contribution in [0, 0.1) is 0 Å². The second kappa shape index (κ2) is 8.82. The van der Waals surface area contributed by atoms with Crippen molar-refractivity contribution in [1.82, 2.24) is 14.2 Å². The molecule has 172 valence electrons. The molecule has 0 N–H and O–H groups in total. The van der Waals surface area contributed by atoms with E-state index in [9.17, 15) is 18.0 Å². The van der Waals surface area contributed by atoms with Crippen LogP contribution in [0.4, 0.5) is 24.5 Å². The Hall–Kier alpha value is -3.46. The molecule has 1 fully saturated rings. The fourth-order valence-corrected chi connectivity index (χ4v) is 4.02. The van der Waals surface area contributed by atoms with Crippen molar-refractivity contribution in [2.45, 2.75) is 6.18 Å². The van der Waals surface area contributed by atoms with E-state index in [0.717, 1.165) is 11.8 Å². The Bertz CT molecular complexity index is 1330. The summed E-state index contributed by atoms with van der Waals surface area (Å²) in [6.07, 6.45) is -2.67. The summed E-state index contributed by atoms with van der Waals surface area (Å²) in [5.74, 6) is 0. The van der Waals surface area contributed by atoms with Gasteiger partial charge in [0.25, 0.3) is 0 Å². The maximum absolute atomic E-state index is 13.0. The minimum absolute atomic E-state index is 0. The van der Waals surface area contributed by atoms with E-state index in [1.165, 1.54) is 21.2 Å². The molecule has 1 aliphatic heterocycles. The maximum Gasteiger partial charge on any atom is 0.416 e. The number of halogens is 4. The van der Waals surface area contributed by atoms with Crippen LogP contribution in [0.2, 0.25) is 0 Å². The highest BCUT2D eigenvalue weighted by Gasteiger charge is 2.31. The van der Waals surface area contributed by atoms with Crippen molar-refractivity contribution in [2.75, 3.05) is 36.0 Å². The molecule has 4 aromatic rings. The summed E-state index contributed by atoms with van der Waals surface area (Å²) in [6.45, 7) is 2.50. The van der Waals surface area contributed by atoms with Crippen molar-refractivity contribution in [3.8, 4) is 5.69 Å². The molecule has 0 unspecified atom stereocenters. The highest BCUT2D eigenvalue weighted by atomic mass is 35.5. The fourth-order valence-electron chi connectivity index (χ4n) is 4.02. The van der Waals surface area contributed by atoms with E-state index >= 15 is 0 Å².